The van der Waals surface area contributed by atoms with E-state index in [2.05, 4.69) is 15.6 Å². The fourth-order valence-corrected chi connectivity index (χ4v) is 3.44. The summed E-state index contributed by atoms with van der Waals surface area (Å²) in [5, 5.41) is 5.82. The van der Waals surface area contributed by atoms with E-state index in [9.17, 15) is 9.59 Å². The average Bonchev–Trinajstić information content (AvgIpc) is 3.16. The SMILES string of the molecule is Cl.Cl.NC[C@H]1CCC[C@H]1C(=O)NCc1cccc(NC(=O)c2ccccn2)c1. The standard InChI is InChI=1S/C20H24N4O2.2ClH/c21-12-15-6-4-8-17(15)19(25)23-13-14-5-3-7-16(11-14)24-20(26)18-9-1-2-10-22-18;;/h1-3,5,7,9-11,15,17H,4,6,8,12-13,21H2,(H,23,25)(H,24,26);2*1H/t15-,17-;;/m1../s1. The number of carbonyl (C=O) groups is 2. The maximum absolute atomic E-state index is 12.4. The predicted molar refractivity (Wildman–Crippen MR) is 115 cm³/mol. The Morgan fingerprint density at radius 3 is 2.64 bits per heavy atom. The van der Waals surface area contributed by atoms with E-state index in [1.54, 1.807) is 24.4 Å². The second kappa shape index (κ2) is 11.6. The van der Waals surface area contributed by atoms with E-state index in [4.69, 9.17) is 5.73 Å². The molecule has 0 unspecified atom stereocenters. The van der Waals surface area contributed by atoms with E-state index in [0.717, 1.165) is 24.8 Å². The molecule has 0 radical (unpaired) electrons. The first-order chi connectivity index (χ1) is 12.7. The fraction of sp³-hybridized carbons (Fsp3) is 0.350. The Kier molecular flexibility index (Phi) is 9.93. The highest BCUT2D eigenvalue weighted by Gasteiger charge is 2.31. The molecule has 4 N–H and O–H groups in total. The van der Waals surface area contributed by atoms with Crippen molar-refractivity contribution < 1.29 is 9.59 Å². The van der Waals surface area contributed by atoms with E-state index in [1.807, 2.05) is 24.3 Å². The maximum atomic E-state index is 12.4. The van der Waals surface area contributed by atoms with E-state index in [-0.39, 0.29) is 42.5 Å². The monoisotopic (exact) mass is 424 g/mol. The van der Waals surface area contributed by atoms with Gasteiger partial charge < -0.3 is 16.4 Å². The van der Waals surface area contributed by atoms with Crippen LogP contribution >= 0.6 is 24.8 Å². The van der Waals surface area contributed by atoms with Crippen LogP contribution in [0.4, 0.5) is 5.69 Å². The van der Waals surface area contributed by atoms with Crippen LogP contribution in [0.25, 0.3) is 0 Å². The number of pyridine rings is 1. The molecular weight excluding hydrogens is 399 g/mol. The summed E-state index contributed by atoms with van der Waals surface area (Å²) in [5.74, 6) is 0.121. The summed E-state index contributed by atoms with van der Waals surface area (Å²) < 4.78 is 0. The molecule has 6 nitrogen and oxygen atoms in total. The lowest BCUT2D eigenvalue weighted by molar-refractivity contribution is -0.126. The molecule has 1 heterocycles. The summed E-state index contributed by atoms with van der Waals surface area (Å²) in [6.45, 7) is 0.993. The molecule has 0 spiro atoms. The van der Waals surface area contributed by atoms with Gasteiger partial charge in [-0.25, -0.2) is 0 Å². The van der Waals surface area contributed by atoms with Crippen LogP contribution < -0.4 is 16.4 Å². The van der Waals surface area contributed by atoms with Crippen LogP contribution in [0.5, 0.6) is 0 Å². The predicted octanol–water partition coefficient (Wildman–Crippen LogP) is 3.17. The van der Waals surface area contributed by atoms with Gasteiger partial charge in [0.15, 0.2) is 0 Å². The number of nitrogens with two attached hydrogens (primary N) is 1. The van der Waals surface area contributed by atoms with Crippen LogP contribution in [-0.2, 0) is 11.3 Å². The van der Waals surface area contributed by atoms with Gasteiger partial charge in [0.2, 0.25) is 5.91 Å². The summed E-state index contributed by atoms with van der Waals surface area (Å²) in [6.07, 6.45) is 4.59. The average molecular weight is 425 g/mol. The minimum Gasteiger partial charge on any atom is -0.352 e. The zero-order chi connectivity index (χ0) is 18.4. The second-order valence-electron chi connectivity index (χ2n) is 6.62. The van der Waals surface area contributed by atoms with Gasteiger partial charge in [0.25, 0.3) is 5.91 Å². The van der Waals surface area contributed by atoms with Gasteiger partial charge in [0, 0.05) is 24.3 Å². The largest absolute Gasteiger partial charge is 0.352 e. The lowest BCUT2D eigenvalue weighted by Crippen LogP contribution is -2.34. The van der Waals surface area contributed by atoms with Crippen molar-refractivity contribution in [2.75, 3.05) is 11.9 Å². The highest BCUT2D eigenvalue weighted by Crippen LogP contribution is 2.31. The van der Waals surface area contributed by atoms with Crippen molar-refractivity contribution >= 4 is 42.3 Å². The smallest absolute Gasteiger partial charge is 0.274 e. The van der Waals surface area contributed by atoms with Gasteiger partial charge in [-0.2, -0.15) is 0 Å². The first-order valence-electron chi connectivity index (χ1n) is 8.96. The van der Waals surface area contributed by atoms with Crippen LogP contribution in [0, 0.1) is 11.8 Å². The van der Waals surface area contributed by atoms with Gasteiger partial charge in [0.1, 0.15) is 5.69 Å². The molecule has 28 heavy (non-hydrogen) atoms. The number of rotatable bonds is 6. The molecule has 0 aliphatic heterocycles. The molecule has 1 aliphatic carbocycles. The number of carbonyl (C=O) groups excluding carboxylic acids is 2. The summed E-state index contributed by atoms with van der Waals surface area (Å²) in [5.41, 5.74) is 7.72. The zero-order valence-corrected chi connectivity index (χ0v) is 17.1. The van der Waals surface area contributed by atoms with E-state index >= 15 is 0 Å². The van der Waals surface area contributed by atoms with Crippen LogP contribution in [-0.4, -0.2) is 23.3 Å². The molecule has 8 heteroatoms. The molecule has 3 rings (SSSR count). The summed E-state index contributed by atoms with van der Waals surface area (Å²) in [7, 11) is 0. The number of amides is 2. The molecule has 1 saturated carbocycles. The van der Waals surface area contributed by atoms with Crippen LogP contribution in [0.3, 0.4) is 0 Å². The second-order valence-corrected chi connectivity index (χ2v) is 6.62. The molecule has 1 aliphatic rings. The van der Waals surface area contributed by atoms with E-state index < -0.39 is 0 Å². The van der Waals surface area contributed by atoms with E-state index in [1.165, 1.54) is 0 Å². The van der Waals surface area contributed by atoms with Gasteiger partial charge in [-0.3, -0.25) is 14.6 Å². The number of hydrogen-bond donors (Lipinski definition) is 3. The molecule has 152 valence electrons. The lowest BCUT2D eigenvalue weighted by atomic mass is 9.95. The third-order valence-electron chi connectivity index (χ3n) is 4.85. The molecule has 2 atom stereocenters. The van der Waals surface area contributed by atoms with Crippen LogP contribution in [0.2, 0.25) is 0 Å². The van der Waals surface area contributed by atoms with Crippen LogP contribution in [0.15, 0.2) is 48.7 Å². The Bertz CT molecular complexity index is 774. The van der Waals surface area contributed by atoms with Crippen molar-refractivity contribution in [2.45, 2.75) is 25.8 Å². The third kappa shape index (κ3) is 6.19. The molecule has 2 amide bonds. The first kappa shape index (κ1) is 23.9. The molecular formula is C20H26Cl2N4O2. The first-order valence-corrected chi connectivity index (χ1v) is 8.96. The molecule has 2 aromatic rings. The quantitative estimate of drug-likeness (QED) is 0.662. The molecule has 1 aromatic carbocycles. The van der Waals surface area contributed by atoms with Gasteiger partial charge in [-0.1, -0.05) is 24.6 Å². The number of anilines is 1. The molecule has 0 saturated heterocycles. The highest BCUT2D eigenvalue weighted by molar-refractivity contribution is 6.02. The minimum absolute atomic E-state index is 0. The summed E-state index contributed by atoms with van der Waals surface area (Å²) >= 11 is 0. The minimum atomic E-state index is -0.261. The number of aromatic nitrogens is 1. The normalized spacial score (nSPS) is 17.8. The van der Waals surface area contributed by atoms with Crippen molar-refractivity contribution in [3.8, 4) is 0 Å². The molecule has 1 aromatic heterocycles. The van der Waals surface area contributed by atoms with E-state index in [0.29, 0.717) is 30.4 Å². The van der Waals surface area contributed by atoms with Crippen molar-refractivity contribution in [1.29, 1.82) is 0 Å². The molecule has 0 bridgehead atoms. The Morgan fingerprint density at radius 2 is 1.93 bits per heavy atom. The van der Waals surface area contributed by atoms with Gasteiger partial charge in [-0.05, 0) is 55.1 Å². The Labute approximate surface area is 177 Å². The Balaban J connectivity index is 0.00000196. The Hall–Kier alpha value is -2.15. The lowest BCUT2D eigenvalue weighted by Gasteiger charge is -2.17. The summed E-state index contributed by atoms with van der Waals surface area (Å²) in [6, 6.07) is 12.6. The van der Waals surface area contributed by atoms with Gasteiger partial charge >= 0.3 is 0 Å². The third-order valence-corrected chi connectivity index (χ3v) is 4.85. The fourth-order valence-electron chi connectivity index (χ4n) is 3.44. The molecule has 1 fully saturated rings. The maximum Gasteiger partial charge on any atom is 0.274 e. The van der Waals surface area contributed by atoms with Gasteiger partial charge in [-0.15, -0.1) is 24.8 Å². The van der Waals surface area contributed by atoms with Crippen molar-refractivity contribution in [3.63, 3.8) is 0 Å². The topological polar surface area (TPSA) is 97.1 Å². The Morgan fingerprint density at radius 1 is 1.11 bits per heavy atom. The number of nitrogens with zero attached hydrogens (tertiary/aromatic N) is 1. The van der Waals surface area contributed by atoms with Gasteiger partial charge in [0.05, 0.1) is 0 Å². The van der Waals surface area contributed by atoms with Crippen LogP contribution in [0.1, 0.15) is 35.3 Å². The van der Waals surface area contributed by atoms with Crippen molar-refractivity contribution in [2.24, 2.45) is 17.6 Å². The number of halogens is 2. The van der Waals surface area contributed by atoms with Crippen molar-refractivity contribution in [1.82, 2.24) is 10.3 Å². The number of benzene rings is 1. The zero-order valence-electron chi connectivity index (χ0n) is 15.5. The van der Waals surface area contributed by atoms with Crippen molar-refractivity contribution in [3.05, 3.63) is 59.9 Å². The highest BCUT2D eigenvalue weighted by atomic mass is 35.5. The summed E-state index contributed by atoms with van der Waals surface area (Å²) in [4.78, 5) is 28.6. The number of nitrogens with one attached hydrogen (secondary N) is 2. The number of hydrogen-bond acceptors (Lipinski definition) is 4.